The van der Waals surface area contributed by atoms with E-state index in [2.05, 4.69) is 4.74 Å². The number of aliphatic hydroxyl groups is 1. The molecule has 0 aliphatic heterocycles. The first-order chi connectivity index (χ1) is 5.63. The largest absolute Gasteiger partial charge is 0.461 e. The Bertz CT molecular complexity index is 168. The van der Waals surface area contributed by atoms with E-state index in [9.17, 15) is 9.90 Å². The Morgan fingerprint density at radius 3 is 2.58 bits per heavy atom. The monoisotopic (exact) mass is 173 g/mol. The van der Waals surface area contributed by atoms with Gasteiger partial charge in [0, 0.05) is 0 Å². The molecular formula is C8H15NO3. The zero-order valence-corrected chi connectivity index (χ0v) is 7.46. The van der Waals surface area contributed by atoms with Crippen molar-refractivity contribution in [2.45, 2.75) is 32.8 Å². The molecule has 0 aliphatic carbocycles. The van der Waals surface area contributed by atoms with Gasteiger partial charge in [0.05, 0.1) is 6.61 Å². The van der Waals surface area contributed by atoms with Crippen molar-refractivity contribution >= 4 is 11.7 Å². The first-order valence-electron chi connectivity index (χ1n) is 4.07. The van der Waals surface area contributed by atoms with Gasteiger partial charge in [0.15, 0.2) is 0 Å². The number of nitrogens with one attached hydrogen (secondary N) is 1. The van der Waals surface area contributed by atoms with Crippen LogP contribution in [-0.4, -0.2) is 29.5 Å². The molecule has 1 atom stereocenters. The van der Waals surface area contributed by atoms with E-state index in [1.807, 2.05) is 6.92 Å². The minimum Gasteiger partial charge on any atom is -0.461 e. The predicted octanol–water partition coefficient (Wildman–Crippen LogP) is 0.730. The minimum absolute atomic E-state index is 0.236. The fourth-order valence-corrected chi connectivity index (χ4v) is 0.763. The normalized spacial score (nSPS) is 12.2. The topological polar surface area (TPSA) is 70.4 Å². The van der Waals surface area contributed by atoms with Crippen LogP contribution in [0, 0.1) is 5.41 Å². The van der Waals surface area contributed by atoms with Gasteiger partial charge in [0.1, 0.15) is 11.8 Å². The molecule has 0 radical (unpaired) electrons. The first kappa shape index (κ1) is 11.1. The Kier molecular flexibility index (Phi) is 5.28. The van der Waals surface area contributed by atoms with E-state index >= 15 is 0 Å². The number of rotatable bonds is 5. The van der Waals surface area contributed by atoms with Crippen LogP contribution in [0.4, 0.5) is 0 Å². The zero-order valence-electron chi connectivity index (χ0n) is 7.46. The van der Waals surface area contributed by atoms with E-state index in [-0.39, 0.29) is 12.3 Å². The van der Waals surface area contributed by atoms with Crippen molar-refractivity contribution in [3.05, 3.63) is 0 Å². The van der Waals surface area contributed by atoms with Crippen LogP contribution < -0.4 is 0 Å². The number of ether oxygens (including phenoxy) is 1. The summed E-state index contributed by atoms with van der Waals surface area (Å²) in [5.74, 6) is -0.724. The predicted molar refractivity (Wildman–Crippen MR) is 45.3 cm³/mol. The van der Waals surface area contributed by atoms with Crippen LogP contribution in [0.3, 0.4) is 0 Å². The van der Waals surface area contributed by atoms with Gasteiger partial charge in [-0.3, -0.25) is 5.41 Å². The third-order valence-corrected chi connectivity index (χ3v) is 1.39. The van der Waals surface area contributed by atoms with Gasteiger partial charge in [-0.2, -0.15) is 0 Å². The second-order valence-corrected chi connectivity index (χ2v) is 2.44. The van der Waals surface area contributed by atoms with Crippen molar-refractivity contribution in [1.29, 1.82) is 5.41 Å². The van der Waals surface area contributed by atoms with E-state index in [0.29, 0.717) is 6.42 Å². The molecule has 0 saturated carbocycles. The highest BCUT2D eigenvalue weighted by atomic mass is 16.5. The molecule has 0 spiro atoms. The Morgan fingerprint density at radius 1 is 1.58 bits per heavy atom. The van der Waals surface area contributed by atoms with Crippen LogP contribution in [-0.2, 0) is 9.53 Å². The molecule has 0 aromatic carbocycles. The maximum Gasteiger partial charge on any atom is 0.354 e. The number of hydrogen-bond donors (Lipinski definition) is 2. The fraction of sp³-hybridized carbons (Fsp3) is 0.750. The van der Waals surface area contributed by atoms with Gasteiger partial charge in [-0.1, -0.05) is 13.3 Å². The maximum absolute atomic E-state index is 10.9. The van der Waals surface area contributed by atoms with E-state index in [4.69, 9.17) is 5.41 Å². The molecule has 0 saturated heterocycles. The summed E-state index contributed by atoms with van der Waals surface area (Å²) in [7, 11) is 0. The Balaban J connectivity index is 3.91. The molecule has 0 rings (SSSR count). The first-order valence-corrected chi connectivity index (χ1v) is 4.07. The van der Waals surface area contributed by atoms with Gasteiger partial charge < -0.3 is 9.84 Å². The number of carbonyl (C=O) groups is 1. The molecule has 12 heavy (non-hydrogen) atoms. The molecule has 1 unspecified atom stereocenters. The summed E-state index contributed by atoms with van der Waals surface area (Å²) in [6.07, 6.45) is 0.190. The van der Waals surface area contributed by atoms with Gasteiger partial charge >= 0.3 is 5.97 Å². The molecule has 0 aromatic rings. The van der Waals surface area contributed by atoms with Gasteiger partial charge in [-0.25, -0.2) is 4.79 Å². The summed E-state index contributed by atoms with van der Waals surface area (Å²) in [6, 6.07) is 0. The van der Waals surface area contributed by atoms with Crippen molar-refractivity contribution in [3.8, 4) is 0 Å². The van der Waals surface area contributed by atoms with E-state index in [1.165, 1.54) is 0 Å². The van der Waals surface area contributed by atoms with Crippen molar-refractivity contribution < 1.29 is 14.6 Å². The van der Waals surface area contributed by atoms with Crippen molar-refractivity contribution in [2.75, 3.05) is 6.61 Å². The van der Waals surface area contributed by atoms with Crippen LogP contribution in [0.15, 0.2) is 0 Å². The Morgan fingerprint density at radius 2 is 2.17 bits per heavy atom. The lowest BCUT2D eigenvalue weighted by molar-refractivity contribution is -0.135. The molecule has 0 aromatic heterocycles. The maximum atomic E-state index is 10.9. The number of carbonyl (C=O) groups excluding carboxylic acids is 1. The van der Waals surface area contributed by atoms with Crippen LogP contribution in [0.25, 0.3) is 0 Å². The van der Waals surface area contributed by atoms with Crippen molar-refractivity contribution in [1.82, 2.24) is 0 Å². The van der Waals surface area contributed by atoms with E-state index in [1.54, 1.807) is 6.92 Å². The Hall–Kier alpha value is -0.900. The standard InChI is InChI=1S/C8H15NO3/c1-3-5-6(10)7(9)8(11)12-4-2/h6,9-10H,3-5H2,1-2H3. The molecule has 2 N–H and O–H groups in total. The molecule has 4 heteroatoms. The van der Waals surface area contributed by atoms with Crippen molar-refractivity contribution in [3.63, 3.8) is 0 Å². The molecule has 0 bridgehead atoms. The molecule has 0 aliphatic rings. The summed E-state index contributed by atoms with van der Waals surface area (Å²) in [5.41, 5.74) is -0.348. The lowest BCUT2D eigenvalue weighted by Gasteiger charge is -2.08. The quantitative estimate of drug-likeness (QED) is 0.475. The number of esters is 1. The van der Waals surface area contributed by atoms with Gasteiger partial charge in [0.2, 0.25) is 0 Å². The van der Waals surface area contributed by atoms with Crippen LogP contribution in [0.2, 0.25) is 0 Å². The lowest BCUT2D eigenvalue weighted by Crippen LogP contribution is -2.29. The molecule has 0 amide bonds. The number of hydrogen-bond acceptors (Lipinski definition) is 4. The van der Waals surface area contributed by atoms with Crippen LogP contribution in [0.5, 0.6) is 0 Å². The molecular weight excluding hydrogens is 158 g/mol. The van der Waals surface area contributed by atoms with Gasteiger partial charge in [-0.15, -0.1) is 0 Å². The second kappa shape index (κ2) is 5.71. The third-order valence-electron chi connectivity index (χ3n) is 1.39. The highest BCUT2D eigenvalue weighted by Crippen LogP contribution is 1.99. The summed E-state index contributed by atoms with van der Waals surface area (Å²) >= 11 is 0. The summed E-state index contributed by atoms with van der Waals surface area (Å²) in [5, 5.41) is 16.4. The molecule has 0 heterocycles. The summed E-state index contributed by atoms with van der Waals surface area (Å²) in [4.78, 5) is 10.9. The molecule has 4 nitrogen and oxygen atoms in total. The second-order valence-electron chi connectivity index (χ2n) is 2.44. The summed E-state index contributed by atoms with van der Waals surface area (Å²) < 4.78 is 4.55. The highest BCUT2D eigenvalue weighted by molar-refractivity contribution is 6.36. The van der Waals surface area contributed by atoms with Crippen LogP contribution in [0.1, 0.15) is 26.7 Å². The molecule has 70 valence electrons. The smallest absolute Gasteiger partial charge is 0.354 e. The zero-order chi connectivity index (χ0) is 9.56. The summed E-state index contributed by atoms with van der Waals surface area (Å²) in [6.45, 7) is 3.78. The lowest BCUT2D eigenvalue weighted by atomic mass is 10.1. The van der Waals surface area contributed by atoms with E-state index < -0.39 is 12.1 Å². The molecule has 0 fully saturated rings. The third kappa shape index (κ3) is 3.48. The average molecular weight is 173 g/mol. The van der Waals surface area contributed by atoms with Crippen LogP contribution >= 0.6 is 0 Å². The fourth-order valence-electron chi connectivity index (χ4n) is 0.763. The SMILES string of the molecule is CCCC(O)C(=N)C(=O)OCC. The van der Waals surface area contributed by atoms with Gasteiger partial charge in [0.25, 0.3) is 0 Å². The number of aliphatic hydroxyl groups excluding tert-OH is 1. The van der Waals surface area contributed by atoms with Crippen molar-refractivity contribution in [2.24, 2.45) is 0 Å². The average Bonchev–Trinajstić information content (AvgIpc) is 2.04. The van der Waals surface area contributed by atoms with Gasteiger partial charge in [-0.05, 0) is 13.3 Å². The van der Waals surface area contributed by atoms with E-state index in [0.717, 1.165) is 6.42 Å². The minimum atomic E-state index is -0.978. The Labute approximate surface area is 72.0 Å². The highest BCUT2D eigenvalue weighted by Gasteiger charge is 2.18.